The summed E-state index contributed by atoms with van der Waals surface area (Å²) in [6.07, 6.45) is 1.90. The van der Waals surface area contributed by atoms with Gasteiger partial charge in [0.2, 0.25) is 0 Å². The molecule has 0 aromatic carbocycles. The molecular formula is C11H17N3O. The van der Waals surface area contributed by atoms with E-state index in [4.69, 9.17) is 0 Å². The van der Waals surface area contributed by atoms with E-state index in [1.807, 2.05) is 41.8 Å². The van der Waals surface area contributed by atoms with E-state index >= 15 is 0 Å². The molecule has 1 aliphatic heterocycles. The zero-order chi connectivity index (χ0) is 10.8. The summed E-state index contributed by atoms with van der Waals surface area (Å²) < 4.78 is 1.87. The summed E-state index contributed by atoms with van der Waals surface area (Å²) in [6, 6.07) is 4.15. The van der Waals surface area contributed by atoms with Crippen molar-refractivity contribution in [3.8, 4) is 0 Å². The Morgan fingerprint density at radius 3 is 2.80 bits per heavy atom. The van der Waals surface area contributed by atoms with Crippen LogP contribution in [0.1, 0.15) is 17.4 Å². The lowest BCUT2D eigenvalue weighted by molar-refractivity contribution is 0.0620. The van der Waals surface area contributed by atoms with Crippen molar-refractivity contribution in [3.63, 3.8) is 0 Å². The summed E-state index contributed by atoms with van der Waals surface area (Å²) in [4.78, 5) is 14.1. The fourth-order valence-corrected chi connectivity index (χ4v) is 1.89. The number of hydrogen-bond donors (Lipinski definition) is 1. The van der Waals surface area contributed by atoms with Gasteiger partial charge in [0, 0.05) is 32.9 Å². The minimum atomic E-state index is 0.136. The maximum Gasteiger partial charge on any atom is 0.270 e. The molecule has 4 heteroatoms. The molecule has 0 spiro atoms. The van der Waals surface area contributed by atoms with Crippen LogP contribution in [0.15, 0.2) is 18.3 Å². The molecule has 1 amide bonds. The van der Waals surface area contributed by atoms with E-state index in [-0.39, 0.29) is 5.91 Å². The molecule has 1 aliphatic rings. The molecule has 0 radical (unpaired) electrons. The van der Waals surface area contributed by atoms with Gasteiger partial charge >= 0.3 is 0 Å². The lowest BCUT2D eigenvalue weighted by Gasteiger charge is -2.37. The molecule has 2 rings (SSSR count). The minimum Gasteiger partial charge on any atom is -0.347 e. The number of carbonyl (C=O) groups is 1. The van der Waals surface area contributed by atoms with Crippen LogP contribution in [0.4, 0.5) is 0 Å². The molecule has 0 bridgehead atoms. The second-order valence-electron chi connectivity index (χ2n) is 3.91. The van der Waals surface area contributed by atoms with Gasteiger partial charge in [0.25, 0.3) is 5.91 Å². The van der Waals surface area contributed by atoms with E-state index in [2.05, 4.69) is 5.32 Å². The fourth-order valence-electron chi connectivity index (χ4n) is 1.89. The van der Waals surface area contributed by atoms with Crippen molar-refractivity contribution in [2.24, 2.45) is 7.05 Å². The van der Waals surface area contributed by atoms with Crippen molar-refractivity contribution in [2.45, 2.75) is 13.0 Å². The van der Waals surface area contributed by atoms with Crippen LogP contribution in [-0.2, 0) is 7.05 Å². The highest BCUT2D eigenvalue weighted by Crippen LogP contribution is 2.11. The first kappa shape index (κ1) is 10.2. The van der Waals surface area contributed by atoms with E-state index in [1.54, 1.807) is 0 Å². The standard InChI is InChI=1S/C11H17N3O/c1-3-14(9-7-12-8-9)11(15)10-5-4-6-13(10)2/h4-6,9,12H,3,7-8H2,1-2H3. The second-order valence-corrected chi connectivity index (χ2v) is 3.91. The topological polar surface area (TPSA) is 37.3 Å². The van der Waals surface area contributed by atoms with Crippen LogP contribution in [0.2, 0.25) is 0 Å². The van der Waals surface area contributed by atoms with E-state index < -0.39 is 0 Å². The van der Waals surface area contributed by atoms with Gasteiger partial charge in [-0.2, -0.15) is 0 Å². The third-order valence-electron chi connectivity index (χ3n) is 2.97. The molecule has 1 fully saturated rings. The number of amides is 1. The van der Waals surface area contributed by atoms with Crippen LogP contribution in [0.3, 0.4) is 0 Å². The molecule has 4 nitrogen and oxygen atoms in total. The van der Waals surface area contributed by atoms with Crippen LogP contribution >= 0.6 is 0 Å². The lowest BCUT2D eigenvalue weighted by atomic mass is 10.1. The highest BCUT2D eigenvalue weighted by molar-refractivity contribution is 5.93. The first-order valence-corrected chi connectivity index (χ1v) is 5.37. The number of nitrogens with one attached hydrogen (secondary N) is 1. The van der Waals surface area contributed by atoms with Gasteiger partial charge in [-0.05, 0) is 19.1 Å². The predicted molar refractivity (Wildman–Crippen MR) is 58.8 cm³/mol. The first-order valence-electron chi connectivity index (χ1n) is 5.37. The van der Waals surface area contributed by atoms with Gasteiger partial charge in [-0.3, -0.25) is 4.79 Å². The van der Waals surface area contributed by atoms with Crippen molar-refractivity contribution < 1.29 is 4.79 Å². The van der Waals surface area contributed by atoms with Gasteiger partial charge in [-0.15, -0.1) is 0 Å². The second kappa shape index (κ2) is 4.06. The minimum absolute atomic E-state index is 0.136. The predicted octanol–water partition coefficient (Wildman–Crippen LogP) is 0.459. The van der Waals surface area contributed by atoms with Gasteiger partial charge in [-0.1, -0.05) is 0 Å². The van der Waals surface area contributed by atoms with Crippen molar-refractivity contribution in [1.29, 1.82) is 0 Å². The molecule has 82 valence electrons. The van der Waals surface area contributed by atoms with Gasteiger partial charge in [-0.25, -0.2) is 0 Å². The third kappa shape index (κ3) is 1.77. The Morgan fingerprint density at radius 1 is 1.67 bits per heavy atom. The average molecular weight is 207 g/mol. The maximum absolute atomic E-state index is 12.2. The Bertz CT molecular complexity index is 354. The zero-order valence-electron chi connectivity index (χ0n) is 9.23. The van der Waals surface area contributed by atoms with Gasteiger partial charge < -0.3 is 14.8 Å². The van der Waals surface area contributed by atoms with E-state index in [0.29, 0.717) is 6.04 Å². The molecule has 1 aromatic rings. The third-order valence-corrected chi connectivity index (χ3v) is 2.97. The summed E-state index contributed by atoms with van der Waals surface area (Å²) in [7, 11) is 1.90. The number of aromatic nitrogens is 1. The van der Waals surface area contributed by atoms with Gasteiger partial charge in [0.15, 0.2) is 0 Å². The van der Waals surface area contributed by atoms with Crippen molar-refractivity contribution in [3.05, 3.63) is 24.0 Å². The average Bonchev–Trinajstić information content (AvgIpc) is 2.56. The number of likely N-dealkylation sites (N-methyl/N-ethyl adjacent to an activating group) is 1. The Labute approximate surface area is 89.9 Å². The van der Waals surface area contributed by atoms with Crippen molar-refractivity contribution in [1.82, 2.24) is 14.8 Å². The summed E-state index contributed by atoms with van der Waals surface area (Å²) in [5.41, 5.74) is 0.767. The monoisotopic (exact) mass is 207 g/mol. The molecule has 1 N–H and O–H groups in total. The van der Waals surface area contributed by atoms with Crippen LogP contribution in [-0.4, -0.2) is 41.1 Å². The molecule has 0 unspecified atom stereocenters. The smallest absolute Gasteiger partial charge is 0.270 e. The Kier molecular flexibility index (Phi) is 2.77. The molecule has 2 heterocycles. The zero-order valence-corrected chi connectivity index (χ0v) is 9.23. The van der Waals surface area contributed by atoms with E-state index in [9.17, 15) is 4.79 Å². The van der Waals surface area contributed by atoms with Crippen molar-refractivity contribution >= 4 is 5.91 Å². The van der Waals surface area contributed by atoms with Crippen LogP contribution < -0.4 is 5.32 Å². The van der Waals surface area contributed by atoms with Crippen LogP contribution in [0.5, 0.6) is 0 Å². The molecule has 1 aromatic heterocycles. The summed E-state index contributed by atoms with van der Waals surface area (Å²) in [6.45, 7) is 4.64. The first-order chi connectivity index (χ1) is 7.24. The molecule has 1 saturated heterocycles. The maximum atomic E-state index is 12.2. The lowest BCUT2D eigenvalue weighted by Crippen LogP contribution is -2.58. The molecule has 0 aliphatic carbocycles. The number of nitrogens with zero attached hydrogens (tertiary/aromatic N) is 2. The van der Waals surface area contributed by atoms with E-state index in [1.165, 1.54) is 0 Å². The Balaban J connectivity index is 2.14. The van der Waals surface area contributed by atoms with Crippen LogP contribution in [0.25, 0.3) is 0 Å². The van der Waals surface area contributed by atoms with Crippen LogP contribution in [0, 0.1) is 0 Å². The molecule has 15 heavy (non-hydrogen) atoms. The highest BCUT2D eigenvalue weighted by atomic mass is 16.2. The molecular weight excluding hydrogens is 190 g/mol. The highest BCUT2D eigenvalue weighted by Gasteiger charge is 2.28. The number of carbonyl (C=O) groups excluding carboxylic acids is 1. The number of aryl methyl sites for hydroxylation is 1. The summed E-state index contributed by atoms with van der Waals surface area (Å²) in [5.74, 6) is 0.136. The number of hydrogen-bond acceptors (Lipinski definition) is 2. The quantitative estimate of drug-likeness (QED) is 0.782. The normalized spacial score (nSPS) is 16.1. The fraction of sp³-hybridized carbons (Fsp3) is 0.545. The molecule has 0 atom stereocenters. The Hall–Kier alpha value is -1.29. The van der Waals surface area contributed by atoms with Gasteiger partial charge in [0.05, 0.1) is 6.04 Å². The van der Waals surface area contributed by atoms with Gasteiger partial charge in [0.1, 0.15) is 5.69 Å². The number of rotatable bonds is 3. The molecule has 0 saturated carbocycles. The van der Waals surface area contributed by atoms with Crippen molar-refractivity contribution in [2.75, 3.05) is 19.6 Å². The largest absolute Gasteiger partial charge is 0.347 e. The summed E-state index contributed by atoms with van der Waals surface area (Å²) in [5, 5.41) is 3.19. The summed E-state index contributed by atoms with van der Waals surface area (Å²) >= 11 is 0. The Morgan fingerprint density at radius 2 is 2.40 bits per heavy atom. The van der Waals surface area contributed by atoms with E-state index in [0.717, 1.165) is 25.3 Å². The SMILES string of the molecule is CCN(C(=O)c1cccn1C)C1CNC1.